The zero-order valence-corrected chi connectivity index (χ0v) is 6.58. The summed E-state index contributed by atoms with van der Waals surface area (Å²) in [7, 11) is 0. The van der Waals surface area contributed by atoms with Crippen LogP contribution in [-0.2, 0) is 26.4 Å². The molecule has 0 amide bonds. The Kier molecular flexibility index (Phi) is 18.4. The largest absolute Gasteiger partial charge is 2.00 e. The van der Waals surface area contributed by atoms with E-state index in [-0.39, 0.29) is 16.8 Å². The number of aliphatic carboxylic acids is 2. The van der Waals surface area contributed by atoms with Crippen molar-refractivity contribution in [2.75, 3.05) is 13.1 Å². The van der Waals surface area contributed by atoms with Crippen molar-refractivity contribution in [1.29, 1.82) is 0 Å². The Bertz CT molecular complexity index is 105. The summed E-state index contributed by atoms with van der Waals surface area (Å²) in [5.41, 5.74) is 9.81. The summed E-state index contributed by atoms with van der Waals surface area (Å²) in [5, 5.41) is 17.9. The summed E-state index contributed by atoms with van der Waals surface area (Å²) in [6, 6.07) is 0. The summed E-state index contributed by atoms with van der Waals surface area (Å²) in [6.45, 7) is 1.19. The van der Waals surface area contributed by atoms with E-state index in [1.807, 2.05) is 0 Å². The number of rotatable bonds is 1. The fourth-order valence-electron chi connectivity index (χ4n) is 0. The summed E-state index contributed by atoms with van der Waals surface area (Å²) < 4.78 is 0. The fourth-order valence-corrected chi connectivity index (χ4v) is 0. The van der Waals surface area contributed by atoms with E-state index in [1.54, 1.807) is 0 Å². The molecule has 7 heteroatoms. The molecule has 0 aliphatic rings. The number of nitrogens with two attached hydrogens (primary N) is 2. The average molecular weight is 207 g/mol. The van der Waals surface area contributed by atoms with E-state index in [9.17, 15) is 0 Å². The molecule has 0 aromatic heterocycles. The monoisotopic (exact) mass is 207 g/mol. The molecule has 0 spiro atoms. The quantitative estimate of drug-likeness (QED) is 0.415. The van der Waals surface area contributed by atoms with E-state index >= 15 is 0 Å². The van der Waals surface area contributed by atoms with E-state index in [2.05, 4.69) is 0 Å². The first-order valence-electron chi connectivity index (χ1n) is 2.38. The normalized spacial score (nSPS) is 6.73. The third-order valence-electron chi connectivity index (χ3n) is 0.333. The maximum atomic E-state index is 8.93. The molecule has 67 valence electrons. The second kappa shape index (κ2) is 12.1. The molecule has 0 atom stereocenters. The second-order valence-corrected chi connectivity index (χ2v) is 1.15. The minimum absolute atomic E-state index is 0. The van der Waals surface area contributed by atoms with Crippen LogP contribution in [0.15, 0.2) is 0 Å². The van der Waals surface area contributed by atoms with Crippen molar-refractivity contribution in [3.05, 3.63) is 0 Å². The average Bonchev–Trinajstić information content (AvgIpc) is 1.89. The van der Waals surface area contributed by atoms with Gasteiger partial charge < -0.3 is 31.3 Å². The van der Waals surface area contributed by atoms with Gasteiger partial charge >= 0.3 is 16.8 Å². The third-order valence-corrected chi connectivity index (χ3v) is 0.333. The molecular weight excluding hydrogens is 199 g/mol. The Hall–Kier alpha value is -0.634. The summed E-state index contributed by atoms with van der Waals surface area (Å²) in [5.74, 6) is -4.37. The van der Waals surface area contributed by atoms with Gasteiger partial charge in [0, 0.05) is 13.1 Å². The SMILES string of the molecule is NCCN.O=C([O-])C(=O)[O-].[Co+2]. The van der Waals surface area contributed by atoms with Crippen LogP contribution in [0.2, 0.25) is 0 Å². The predicted molar refractivity (Wildman–Crippen MR) is 28.1 cm³/mol. The standard InChI is InChI=1S/C2H8N2.C2H2O4.Co/c3-1-2-4;3-1(4)2(5)6;/h1-4H2;(H,3,4)(H,5,6);/q;;+2/p-2. The Labute approximate surface area is 73.8 Å². The molecule has 1 radical (unpaired) electrons. The molecule has 11 heavy (non-hydrogen) atoms. The van der Waals surface area contributed by atoms with Gasteiger partial charge in [-0.25, -0.2) is 0 Å². The molecular formula is C4H8CoN2O4. The molecule has 0 heterocycles. The van der Waals surface area contributed by atoms with Gasteiger partial charge in [-0.1, -0.05) is 0 Å². The number of hydrogen-bond donors (Lipinski definition) is 2. The van der Waals surface area contributed by atoms with Crippen LogP contribution in [0.5, 0.6) is 0 Å². The maximum absolute atomic E-state index is 8.93. The van der Waals surface area contributed by atoms with Crippen LogP contribution < -0.4 is 21.7 Å². The molecule has 6 nitrogen and oxygen atoms in total. The molecule has 0 aromatic carbocycles. The number of carbonyl (C=O) groups excluding carboxylic acids is 2. The second-order valence-electron chi connectivity index (χ2n) is 1.15. The summed E-state index contributed by atoms with van der Waals surface area (Å²) in [4.78, 5) is 17.9. The Balaban J connectivity index is -0.000000114. The van der Waals surface area contributed by atoms with Gasteiger partial charge in [0.1, 0.15) is 0 Å². The van der Waals surface area contributed by atoms with Gasteiger partial charge in [-0.05, 0) is 0 Å². The molecule has 0 aliphatic heterocycles. The van der Waals surface area contributed by atoms with Gasteiger partial charge in [-0.3, -0.25) is 0 Å². The topological polar surface area (TPSA) is 132 Å². The van der Waals surface area contributed by atoms with E-state index in [4.69, 9.17) is 31.3 Å². The predicted octanol–water partition coefficient (Wildman–Crippen LogP) is -4.61. The molecule has 0 unspecified atom stereocenters. The van der Waals surface area contributed by atoms with Gasteiger partial charge in [0.15, 0.2) is 0 Å². The van der Waals surface area contributed by atoms with Crippen molar-refractivity contribution in [1.82, 2.24) is 0 Å². The zero-order valence-electron chi connectivity index (χ0n) is 5.54. The van der Waals surface area contributed by atoms with Crippen LogP contribution >= 0.6 is 0 Å². The molecule has 0 saturated carbocycles. The zero-order chi connectivity index (χ0) is 8.57. The van der Waals surface area contributed by atoms with Gasteiger partial charge in [0.2, 0.25) is 0 Å². The van der Waals surface area contributed by atoms with Crippen molar-refractivity contribution in [2.45, 2.75) is 0 Å². The Morgan fingerprint density at radius 3 is 1.18 bits per heavy atom. The van der Waals surface area contributed by atoms with E-state index in [1.165, 1.54) is 0 Å². The number of hydrogen-bond acceptors (Lipinski definition) is 6. The van der Waals surface area contributed by atoms with E-state index in [0.717, 1.165) is 0 Å². The smallest absolute Gasteiger partial charge is 0.543 e. The van der Waals surface area contributed by atoms with E-state index in [0.29, 0.717) is 13.1 Å². The van der Waals surface area contributed by atoms with Gasteiger partial charge in [-0.2, -0.15) is 0 Å². The van der Waals surface area contributed by atoms with Gasteiger partial charge in [-0.15, -0.1) is 0 Å². The van der Waals surface area contributed by atoms with Crippen LogP contribution in [0.4, 0.5) is 0 Å². The van der Waals surface area contributed by atoms with Crippen LogP contribution in [0.1, 0.15) is 0 Å². The first-order chi connectivity index (χ1) is 4.56. The molecule has 0 saturated heterocycles. The van der Waals surface area contributed by atoms with Crippen molar-refractivity contribution in [3.8, 4) is 0 Å². The van der Waals surface area contributed by atoms with Crippen molar-refractivity contribution in [3.63, 3.8) is 0 Å². The minimum Gasteiger partial charge on any atom is -0.543 e. The van der Waals surface area contributed by atoms with Gasteiger partial charge in [0.25, 0.3) is 0 Å². The first-order valence-corrected chi connectivity index (χ1v) is 2.38. The first kappa shape index (κ1) is 16.8. The summed E-state index contributed by atoms with van der Waals surface area (Å²) in [6.07, 6.45) is 0. The summed E-state index contributed by atoms with van der Waals surface area (Å²) >= 11 is 0. The van der Waals surface area contributed by atoms with Crippen molar-refractivity contribution < 1.29 is 36.6 Å². The number of carboxylic acids is 2. The van der Waals surface area contributed by atoms with Crippen molar-refractivity contribution in [2.24, 2.45) is 11.5 Å². The van der Waals surface area contributed by atoms with Crippen LogP contribution in [-0.4, -0.2) is 25.0 Å². The maximum Gasteiger partial charge on any atom is 2.00 e. The van der Waals surface area contributed by atoms with Crippen LogP contribution in [0.25, 0.3) is 0 Å². The Morgan fingerprint density at radius 1 is 1.00 bits per heavy atom. The van der Waals surface area contributed by atoms with E-state index < -0.39 is 11.9 Å². The third kappa shape index (κ3) is 26.7. The Morgan fingerprint density at radius 2 is 1.18 bits per heavy atom. The molecule has 0 aromatic rings. The molecule has 0 rings (SSSR count). The fraction of sp³-hybridized carbons (Fsp3) is 0.500. The van der Waals surface area contributed by atoms with Crippen LogP contribution in [0, 0.1) is 0 Å². The van der Waals surface area contributed by atoms with Crippen molar-refractivity contribution >= 4 is 11.9 Å². The number of carbonyl (C=O) groups is 2. The molecule has 4 N–H and O–H groups in total. The van der Waals surface area contributed by atoms with Crippen LogP contribution in [0.3, 0.4) is 0 Å². The molecule has 0 bridgehead atoms. The number of carboxylic acid groups (broad SMARTS) is 2. The van der Waals surface area contributed by atoms with Gasteiger partial charge in [0.05, 0.1) is 11.9 Å². The minimum atomic E-state index is -2.19. The molecule has 0 aliphatic carbocycles. The molecule has 0 fully saturated rings.